The van der Waals surface area contributed by atoms with Gasteiger partial charge in [0.2, 0.25) is 0 Å². The molecule has 2 aliphatic heterocycles. The minimum atomic E-state index is -0.283. The van der Waals surface area contributed by atoms with Gasteiger partial charge in [0.05, 0.1) is 13.2 Å². The molecule has 0 aromatic carbocycles. The summed E-state index contributed by atoms with van der Waals surface area (Å²) in [5.74, 6) is 1.10. The highest BCUT2D eigenvalue weighted by Gasteiger charge is 2.43. The largest absolute Gasteiger partial charge is 0.370 e. The Kier molecular flexibility index (Phi) is 6.14. The lowest BCUT2D eigenvalue weighted by atomic mass is 10.0. The fourth-order valence-corrected chi connectivity index (χ4v) is 3.58. The monoisotopic (exact) mass is 409 g/mol. The van der Waals surface area contributed by atoms with Crippen molar-refractivity contribution in [2.24, 2.45) is 16.6 Å². The van der Waals surface area contributed by atoms with Crippen molar-refractivity contribution < 1.29 is 9.47 Å². The molecule has 0 radical (unpaired) electrons. The van der Waals surface area contributed by atoms with Gasteiger partial charge in [-0.3, -0.25) is 4.99 Å². The van der Waals surface area contributed by atoms with Crippen LogP contribution in [0.4, 0.5) is 0 Å². The first kappa shape index (κ1) is 17.3. The summed E-state index contributed by atoms with van der Waals surface area (Å²) in [6.45, 7) is 5.62. The average molecular weight is 409 g/mol. The van der Waals surface area contributed by atoms with E-state index in [0.29, 0.717) is 25.0 Å². The van der Waals surface area contributed by atoms with Crippen molar-refractivity contribution >= 4 is 29.9 Å². The second kappa shape index (κ2) is 7.46. The molecule has 3 rings (SSSR count). The summed E-state index contributed by atoms with van der Waals surface area (Å²) in [6.07, 6.45) is 7.08. The molecular weight excluding hydrogens is 381 g/mol. The smallest absolute Gasteiger partial charge is 0.191 e. The van der Waals surface area contributed by atoms with E-state index < -0.39 is 0 Å². The molecule has 6 heteroatoms. The van der Waals surface area contributed by atoms with E-state index in [-0.39, 0.29) is 35.9 Å². The maximum atomic E-state index is 6.11. The third-order valence-corrected chi connectivity index (χ3v) is 4.72. The van der Waals surface area contributed by atoms with Gasteiger partial charge in [0.25, 0.3) is 0 Å². The van der Waals surface area contributed by atoms with Crippen LogP contribution in [-0.2, 0) is 9.47 Å². The van der Waals surface area contributed by atoms with Crippen molar-refractivity contribution in [1.29, 1.82) is 0 Å². The summed E-state index contributed by atoms with van der Waals surface area (Å²) in [4.78, 5) is 6.74. The molecular formula is C15H28IN3O2. The molecule has 0 aromatic rings. The van der Waals surface area contributed by atoms with Crippen LogP contribution >= 0.6 is 24.0 Å². The summed E-state index contributed by atoms with van der Waals surface area (Å²) in [5.41, 5.74) is 6.11. The molecule has 5 nitrogen and oxygen atoms in total. The van der Waals surface area contributed by atoms with Gasteiger partial charge in [-0.25, -0.2) is 0 Å². The fraction of sp³-hybridized carbons (Fsp3) is 0.933. The molecule has 1 saturated carbocycles. The van der Waals surface area contributed by atoms with Crippen LogP contribution in [0.15, 0.2) is 4.99 Å². The molecule has 2 N–H and O–H groups in total. The molecule has 122 valence electrons. The van der Waals surface area contributed by atoms with Gasteiger partial charge >= 0.3 is 0 Å². The zero-order chi connectivity index (χ0) is 14.0. The van der Waals surface area contributed by atoms with Crippen LogP contribution in [0.3, 0.4) is 0 Å². The van der Waals surface area contributed by atoms with Gasteiger partial charge in [-0.05, 0) is 31.6 Å². The van der Waals surface area contributed by atoms with E-state index in [4.69, 9.17) is 15.2 Å². The minimum Gasteiger partial charge on any atom is -0.370 e. The van der Waals surface area contributed by atoms with Gasteiger partial charge in [-0.2, -0.15) is 0 Å². The number of aliphatic imine (C=N–C) groups is 1. The third kappa shape index (κ3) is 4.22. The summed E-state index contributed by atoms with van der Waals surface area (Å²) >= 11 is 0. The summed E-state index contributed by atoms with van der Waals surface area (Å²) in [6, 6.07) is 0. The van der Waals surface area contributed by atoms with Crippen LogP contribution in [0.25, 0.3) is 0 Å². The van der Waals surface area contributed by atoms with E-state index in [2.05, 4.69) is 16.8 Å². The number of halogens is 1. The van der Waals surface area contributed by atoms with E-state index in [1.807, 2.05) is 0 Å². The Morgan fingerprint density at radius 3 is 2.81 bits per heavy atom. The molecule has 2 unspecified atom stereocenters. The lowest BCUT2D eigenvalue weighted by Gasteiger charge is -2.31. The molecule has 3 aliphatic rings. The summed E-state index contributed by atoms with van der Waals surface area (Å²) in [5, 5.41) is 0. The number of guanidine groups is 1. The molecule has 0 aromatic heterocycles. The van der Waals surface area contributed by atoms with Gasteiger partial charge in [-0.15, -0.1) is 24.0 Å². The molecule has 1 aliphatic carbocycles. The maximum Gasteiger partial charge on any atom is 0.191 e. The van der Waals surface area contributed by atoms with Crippen molar-refractivity contribution in [1.82, 2.24) is 4.90 Å². The topological polar surface area (TPSA) is 60.1 Å². The number of rotatable bonds is 2. The first-order valence-corrected chi connectivity index (χ1v) is 8.03. The van der Waals surface area contributed by atoms with E-state index in [0.717, 1.165) is 25.9 Å². The van der Waals surface area contributed by atoms with Gasteiger partial charge in [0.15, 0.2) is 11.7 Å². The Labute approximate surface area is 144 Å². The van der Waals surface area contributed by atoms with Crippen LogP contribution in [0, 0.1) is 5.92 Å². The third-order valence-electron chi connectivity index (χ3n) is 4.72. The zero-order valence-corrected chi connectivity index (χ0v) is 15.3. The van der Waals surface area contributed by atoms with Crippen LogP contribution in [0.1, 0.15) is 45.4 Å². The normalized spacial score (nSPS) is 32.4. The number of hydrogen-bond acceptors (Lipinski definition) is 3. The standard InChI is InChI=1S/C15H27N3O2.HI/c1-12-5-4-8-18(10-12)14(16)17-9-13-11-19-15(20-13)6-2-3-7-15;/h12-13H,2-11H2,1H3,(H2,16,17);1H. The molecule has 2 heterocycles. The Hall–Kier alpha value is -0.0800. The Morgan fingerprint density at radius 1 is 1.33 bits per heavy atom. The van der Waals surface area contributed by atoms with Crippen molar-refractivity contribution in [2.45, 2.75) is 57.3 Å². The Balaban J connectivity index is 0.00000161. The highest BCUT2D eigenvalue weighted by molar-refractivity contribution is 14.0. The number of hydrogen-bond donors (Lipinski definition) is 1. The zero-order valence-electron chi connectivity index (χ0n) is 12.9. The van der Waals surface area contributed by atoms with Crippen LogP contribution in [0.2, 0.25) is 0 Å². The van der Waals surface area contributed by atoms with Gasteiger partial charge in [0.1, 0.15) is 6.10 Å². The van der Waals surface area contributed by atoms with Gasteiger partial charge in [0, 0.05) is 25.9 Å². The molecule has 2 saturated heterocycles. The van der Waals surface area contributed by atoms with Crippen LogP contribution < -0.4 is 5.73 Å². The second-order valence-electron chi connectivity index (χ2n) is 6.56. The van der Waals surface area contributed by atoms with Crippen molar-refractivity contribution in [3.8, 4) is 0 Å². The van der Waals surface area contributed by atoms with Crippen molar-refractivity contribution in [2.75, 3.05) is 26.2 Å². The predicted molar refractivity (Wildman–Crippen MR) is 93.9 cm³/mol. The van der Waals surface area contributed by atoms with E-state index in [9.17, 15) is 0 Å². The molecule has 0 amide bonds. The highest BCUT2D eigenvalue weighted by Crippen LogP contribution is 2.39. The number of nitrogens with two attached hydrogens (primary N) is 1. The summed E-state index contributed by atoms with van der Waals surface area (Å²) < 4.78 is 11.9. The molecule has 21 heavy (non-hydrogen) atoms. The summed E-state index contributed by atoms with van der Waals surface area (Å²) in [7, 11) is 0. The number of piperidine rings is 1. The van der Waals surface area contributed by atoms with Crippen molar-refractivity contribution in [3.63, 3.8) is 0 Å². The Bertz CT molecular complexity index is 372. The first-order chi connectivity index (χ1) is 9.67. The lowest BCUT2D eigenvalue weighted by molar-refractivity contribution is -0.160. The maximum absolute atomic E-state index is 6.11. The van der Waals surface area contributed by atoms with Crippen LogP contribution in [0.5, 0.6) is 0 Å². The second-order valence-corrected chi connectivity index (χ2v) is 6.56. The van der Waals surface area contributed by atoms with E-state index in [1.165, 1.54) is 25.7 Å². The van der Waals surface area contributed by atoms with E-state index in [1.54, 1.807) is 0 Å². The first-order valence-electron chi connectivity index (χ1n) is 8.03. The highest BCUT2D eigenvalue weighted by atomic mass is 127. The number of likely N-dealkylation sites (tertiary alicyclic amines) is 1. The van der Waals surface area contributed by atoms with Crippen LogP contribution in [-0.4, -0.2) is 49.0 Å². The fourth-order valence-electron chi connectivity index (χ4n) is 3.58. The molecule has 0 bridgehead atoms. The average Bonchev–Trinajstić information content (AvgIpc) is 3.07. The lowest BCUT2D eigenvalue weighted by Crippen LogP contribution is -2.44. The molecule has 3 fully saturated rings. The predicted octanol–water partition coefficient (Wildman–Crippen LogP) is 2.34. The molecule has 1 spiro atoms. The minimum absolute atomic E-state index is 0. The van der Waals surface area contributed by atoms with Gasteiger partial charge < -0.3 is 20.1 Å². The quantitative estimate of drug-likeness (QED) is 0.432. The Morgan fingerprint density at radius 2 is 2.10 bits per heavy atom. The number of nitrogens with zero attached hydrogens (tertiary/aromatic N) is 2. The van der Waals surface area contributed by atoms with E-state index >= 15 is 0 Å². The van der Waals surface area contributed by atoms with Gasteiger partial charge in [-0.1, -0.05) is 6.92 Å². The molecule has 2 atom stereocenters. The van der Waals surface area contributed by atoms with Crippen molar-refractivity contribution in [3.05, 3.63) is 0 Å². The SMILES string of the molecule is CC1CCCN(C(N)=NCC2COC3(CCCC3)O2)C1.I. The number of ether oxygens (including phenoxy) is 2.